The van der Waals surface area contributed by atoms with E-state index in [0.717, 1.165) is 5.56 Å². The molecule has 2 unspecified atom stereocenters. The highest BCUT2D eigenvalue weighted by molar-refractivity contribution is 7.91. The van der Waals surface area contributed by atoms with Crippen LogP contribution in [-0.2, 0) is 26.0 Å². The van der Waals surface area contributed by atoms with Crippen molar-refractivity contribution in [2.24, 2.45) is 5.92 Å². The first kappa shape index (κ1) is 22.6. The number of carbonyl (C=O) groups excluding carboxylic acids is 2. The van der Waals surface area contributed by atoms with Gasteiger partial charge in [0.1, 0.15) is 5.75 Å². The highest BCUT2D eigenvalue weighted by Crippen LogP contribution is 2.33. The number of halogens is 1. The molecule has 2 fully saturated rings. The molecular weight excluding hydrogens is 452 g/mol. The molecule has 2 aromatic carbocycles. The van der Waals surface area contributed by atoms with Crippen molar-refractivity contribution in [1.82, 2.24) is 4.90 Å². The summed E-state index contributed by atoms with van der Waals surface area (Å²) in [4.78, 5) is 29.5. The molecule has 4 rings (SSSR count). The number of methoxy groups -OCH3 is 1. The van der Waals surface area contributed by atoms with Crippen LogP contribution >= 0.6 is 11.6 Å². The minimum atomic E-state index is -3.18. The Labute approximate surface area is 192 Å². The molecule has 170 valence electrons. The topological polar surface area (TPSA) is 84.0 Å². The second-order valence-electron chi connectivity index (χ2n) is 8.23. The largest absolute Gasteiger partial charge is 0.497 e. The third-order valence-corrected chi connectivity index (χ3v) is 8.13. The number of rotatable bonds is 6. The molecule has 0 saturated carbocycles. The van der Waals surface area contributed by atoms with Crippen LogP contribution in [0.1, 0.15) is 18.4 Å². The number of hydrogen-bond donors (Lipinski definition) is 0. The zero-order valence-electron chi connectivity index (χ0n) is 17.7. The van der Waals surface area contributed by atoms with E-state index >= 15 is 0 Å². The van der Waals surface area contributed by atoms with Crippen LogP contribution in [0.15, 0.2) is 48.5 Å². The molecule has 2 atom stereocenters. The molecule has 0 aliphatic carbocycles. The fourth-order valence-corrected chi connectivity index (χ4v) is 6.32. The summed E-state index contributed by atoms with van der Waals surface area (Å²) >= 11 is 6.26. The molecule has 2 heterocycles. The summed E-state index contributed by atoms with van der Waals surface area (Å²) in [5.74, 6) is -0.207. The first-order valence-electron chi connectivity index (χ1n) is 10.5. The van der Waals surface area contributed by atoms with Crippen molar-refractivity contribution in [2.45, 2.75) is 25.4 Å². The molecule has 0 spiro atoms. The normalized spacial score (nSPS) is 22.2. The second-order valence-corrected chi connectivity index (χ2v) is 10.9. The number of nitrogens with zero attached hydrogens (tertiary/aromatic N) is 2. The van der Waals surface area contributed by atoms with E-state index in [0.29, 0.717) is 22.9 Å². The van der Waals surface area contributed by atoms with Gasteiger partial charge in [-0.15, -0.1) is 0 Å². The average molecular weight is 477 g/mol. The number of benzene rings is 2. The number of amides is 2. The van der Waals surface area contributed by atoms with E-state index in [-0.39, 0.29) is 42.8 Å². The minimum Gasteiger partial charge on any atom is -0.497 e. The molecule has 0 aromatic heterocycles. The predicted molar refractivity (Wildman–Crippen MR) is 123 cm³/mol. The summed E-state index contributed by atoms with van der Waals surface area (Å²) in [6.45, 7) is 0.500. The van der Waals surface area contributed by atoms with Crippen LogP contribution in [-0.4, -0.2) is 56.3 Å². The summed E-state index contributed by atoms with van der Waals surface area (Å²) < 4.78 is 29.4. The summed E-state index contributed by atoms with van der Waals surface area (Å²) in [5.41, 5.74) is 1.45. The van der Waals surface area contributed by atoms with Crippen molar-refractivity contribution in [3.05, 3.63) is 59.1 Å². The van der Waals surface area contributed by atoms with Gasteiger partial charge >= 0.3 is 0 Å². The molecule has 0 bridgehead atoms. The van der Waals surface area contributed by atoms with E-state index in [2.05, 4.69) is 0 Å². The Bertz CT molecular complexity index is 1120. The Kier molecular flexibility index (Phi) is 6.44. The fourth-order valence-electron chi connectivity index (χ4n) is 4.35. The molecule has 2 aromatic rings. The summed E-state index contributed by atoms with van der Waals surface area (Å²) in [6, 6.07) is 14.0. The SMILES string of the molecule is COc1ccc(CN(C(=O)C2CC(=O)N(c3ccccc3Cl)C2)C2CCS(=O)(=O)C2)cc1. The maximum Gasteiger partial charge on any atom is 0.228 e. The quantitative estimate of drug-likeness (QED) is 0.640. The molecule has 7 nitrogen and oxygen atoms in total. The standard InChI is InChI=1S/C23H25ClN2O5S/c1-31-19-8-6-16(7-9-19)13-25(18-10-11-32(29,30)15-18)23(28)17-12-22(27)26(14-17)21-5-3-2-4-20(21)24/h2-9,17-18H,10-15H2,1H3. The van der Waals surface area contributed by atoms with Gasteiger partial charge in [-0.05, 0) is 36.2 Å². The van der Waals surface area contributed by atoms with Gasteiger partial charge in [0.25, 0.3) is 0 Å². The Morgan fingerprint density at radius 3 is 2.53 bits per heavy atom. The Morgan fingerprint density at radius 1 is 1.19 bits per heavy atom. The summed E-state index contributed by atoms with van der Waals surface area (Å²) in [7, 11) is -1.60. The Morgan fingerprint density at radius 2 is 1.91 bits per heavy atom. The average Bonchev–Trinajstić information content (AvgIpc) is 3.34. The first-order valence-corrected chi connectivity index (χ1v) is 12.7. The minimum absolute atomic E-state index is 0.0518. The monoisotopic (exact) mass is 476 g/mol. The van der Waals surface area contributed by atoms with Gasteiger partial charge in [-0.3, -0.25) is 9.59 Å². The number of hydrogen-bond acceptors (Lipinski definition) is 5. The maximum atomic E-state index is 13.6. The molecule has 2 aliphatic heterocycles. The highest BCUT2D eigenvalue weighted by Gasteiger charge is 2.42. The molecule has 0 radical (unpaired) electrons. The van der Waals surface area contributed by atoms with Crippen LogP contribution in [0.5, 0.6) is 5.75 Å². The van der Waals surface area contributed by atoms with E-state index in [4.69, 9.17) is 16.3 Å². The number of carbonyl (C=O) groups is 2. The van der Waals surface area contributed by atoms with Crippen LogP contribution in [0.25, 0.3) is 0 Å². The smallest absolute Gasteiger partial charge is 0.228 e. The lowest BCUT2D eigenvalue weighted by Crippen LogP contribution is -2.44. The van der Waals surface area contributed by atoms with Gasteiger partial charge in [-0.2, -0.15) is 0 Å². The van der Waals surface area contributed by atoms with Gasteiger partial charge < -0.3 is 14.5 Å². The highest BCUT2D eigenvalue weighted by atomic mass is 35.5. The fraction of sp³-hybridized carbons (Fsp3) is 0.391. The van der Waals surface area contributed by atoms with Crippen molar-refractivity contribution >= 4 is 38.9 Å². The third kappa shape index (κ3) is 4.76. The molecule has 2 amide bonds. The van der Waals surface area contributed by atoms with Crippen LogP contribution in [0.3, 0.4) is 0 Å². The van der Waals surface area contributed by atoms with Gasteiger partial charge in [0.2, 0.25) is 11.8 Å². The lowest BCUT2D eigenvalue weighted by atomic mass is 10.0. The van der Waals surface area contributed by atoms with Crippen LogP contribution < -0.4 is 9.64 Å². The molecule has 32 heavy (non-hydrogen) atoms. The summed E-state index contributed by atoms with van der Waals surface area (Å²) in [6.07, 6.45) is 0.474. The van der Waals surface area contributed by atoms with Crippen molar-refractivity contribution < 1.29 is 22.7 Å². The Balaban J connectivity index is 1.57. The van der Waals surface area contributed by atoms with E-state index < -0.39 is 21.8 Å². The van der Waals surface area contributed by atoms with Crippen molar-refractivity contribution in [2.75, 3.05) is 30.1 Å². The van der Waals surface area contributed by atoms with E-state index in [1.165, 1.54) is 0 Å². The lowest BCUT2D eigenvalue weighted by molar-refractivity contribution is -0.138. The van der Waals surface area contributed by atoms with Gasteiger partial charge in [0.15, 0.2) is 9.84 Å². The van der Waals surface area contributed by atoms with E-state index in [1.54, 1.807) is 41.2 Å². The molecule has 0 N–H and O–H groups in total. The zero-order chi connectivity index (χ0) is 22.9. The first-order chi connectivity index (χ1) is 15.3. The number of ether oxygens (including phenoxy) is 1. The molecule has 2 aliphatic rings. The lowest BCUT2D eigenvalue weighted by Gasteiger charge is -2.31. The van der Waals surface area contributed by atoms with Gasteiger partial charge in [0, 0.05) is 25.6 Å². The molecule has 9 heteroatoms. The third-order valence-electron chi connectivity index (χ3n) is 6.06. The van der Waals surface area contributed by atoms with Crippen molar-refractivity contribution in [3.63, 3.8) is 0 Å². The van der Waals surface area contributed by atoms with Crippen molar-refractivity contribution in [3.8, 4) is 5.75 Å². The number of para-hydroxylation sites is 1. The second kappa shape index (κ2) is 9.11. The van der Waals surface area contributed by atoms with Gasteiger partial charge in [-0.1, -0.05) is 35.9 Å². The number of sulfone groups is 1. The van der Waals surface area contributed by atoms with E-state index in [1.807, 2.05) is 24.3 Å². The van der Waals surface area contributed by atoms with Crippen LogP contribution in [0, 0.1) is 5.92 Å². The van der Waals surface area contributed by atoms with Crippen molar-refractivity contribution in [1.29, 1.82) is 0 Å². The summed E-state index contributed by atoms with van der Waals surface area (Å²) in [5, 5.41) is 0.450. The van der Waals surface area contributed by atoms with Crippen LogP contribution in [0.2, 0.25) is 5.02 Å². The number of anilines is 1. The molecular formula is C23H25ClN2O5S. The maximum absolute atomic E-state index is 13.6. The predicted octanol–water partition coefficient (Wildman–Crippen LogP) is 2.92. The van der Waals surface area contributed by atoms with Crippen LogP contribution in [0.4, 0.5) is 5.69 Å². The molecule has 2 saturated heterocycles. The van der Waals surface area contributed by atoms with Gasteiger partial charge in [-0.25, -0.2) is 8.42 Å². The van der Waals surface area contributed by atoms with E-state index in [9.17, 15) is 18.0 Å². The van der Waals surface area contributed by atoms with Gasteiger partial charge in [0.05, 0.1) is 35.2 Å². The Hall–Kier alpha value is -2.58. The zero-order valence-corrected chi connectivity index (χ0v) is 19.3.